The van der Waals surface area contributed by atoms with Crippen molar-refractivity contribution < 1.29 is 4.39 Å². The zero-order valence-electron chi connectivity index (χ0n) is 7.29. The highest BCUT2D eigenvalue weighted by molar-refractivity contribution is 5.60. The molecule has 0 saturated heterocycles. The summed E-state index contributed by atoms with van der Waals surface area (Å²) in [6, 6.07) is 6.46. The number of aromatic nitrogens is 2. The van der Waals surface area contributed by atoms with E-state index in [-0.39, 0.29) is 5.82 Å². The van der Waals surface area contributed by atoms with Gasteiger partial charge in [0.15, 0.2) is 0 Å². The van der Waals surface area contributed by atoms with Crippen molar-refractivity contribution in [1.82, 2.24) is 9.97 Å². The Morgan fingerprint density at radius 3 is 2.79 bits per heavy atom. The summed E-state index contributed by atoms with van der Waals surface area (Å²) in [6.07, 6.45) is 1.52. The number of aromatic amines is 1. The lowest BCUT2D eigenvalue weighted by atomic mass is 10.1. The number of rotatable bonds is 2. The minimum absolute atomic E-state index is 0.292. The smallest absolute Gasteiger partial charge is 0.215 e. The number of hydrogen-bond donors (Lipinski definition) is 3. The van der Waals surface area contributed by atoms with E-state index < -0.39 is 0 Å². The number of nitrogens with zero attached hydrogens (tertiary/aromatic N) is 1. The summed E-state index contributed by atoms with van der Waals surface area (Å²) >= 11 is 0. The third-order valence-corrected chi connectivity index (χ3v) is 1.88. The molecule has 0 amide bonds. The zero-order chi connectivity index (χ0) is 9.97. The predicted octanol–water partition coefficient (Wildman–Crippen LogP) is 1.50. The number of benzene rings is 1. The van der Waals surface area contributed by atoms with E-state index in [1.54, 1.807) is 18.2 Å². The maximum Gasteiger partial charge on any atom is 0.215 e. The van der Waals surface area contributed by atoms with Crippen LogP contribution in [-0.2, 0) is 0 Å². The van der Waals surface area contributed by atoms with Crippen molar-refractivity contribution in [2.24, 2.45) is 5.84 Å². The number of nitrogen functional groups attached to an aromatic ring is 1. The molecule has 0 unspecified atom stereocenters. The van der Waals surface area contributed by atoms with E-state index in [1.807, 2.05) is 0 Å². The highest BCUT2D eigenvalue weighted by atomic mass is 19.1. The van der Waals surface area contributed by atoms with Crippen LogP contribution in [0.4, 0.5) is 10.3 Å². The fourth-order valence-electron chi connectivity index (χ4n) is 1.21. The SMILES string of the molecule is NNc1ncc(-c2ccccc2F)[nH]1. The second kappa shape index (κ2) is 3.47. The Hall–Kier alpha value is -1.88. The lowest BCUT2D eigenvalue weighted by Gasteiger charge is -1.98. The fourth-order valence-corrected chi connectivity index (χ4v) is 1.21. The van der Waals surface area contributed by atoms with Gasteiger partial charge in [-0.25, -0.2) is 15.2 Å². The van der Waals surface area contributed by atoms with Gasteiger partial charge in [-0.3, -0.25) is 5.43 Å². The number of nitrogens with one attached hydrogen (secondary N) is 2. The van der Waals surface area contributed by atoms with Crippen LogP contribution in [-0.4, -0.2) is 9.97 Å². The van der Waals surface area contributed by atoms with E-state index in [9.17, 15) is 4.39 Å². The van der Waals surface area contributed by atoms with Gasteiger partial charge < -0.3 is 4.98 Å². The van der Waals surface area contributed by atoms with E-state index in [0.717, 1.165) is 0 Å². The molecule has 5 heteroatoms. The topological polar surface area (TPSA) is 66.7 Å². The number of imidazole rings is 1. The van der Waals surface area contributed by atoms with Crippen molar-refractivity contribution in [2.45, 2.75) is 0 Å². The molecule has 0 radical (unpaired) electrons. The fraction of sp³-hybridized carbons (Fsp3) is 0. The van der Waals surface area contributed by atoms with Crippen molar-refractivity contribution >= 4 is 5.95 Å². The molecule has 0 aliphatic carbocycles. The molecule has 72 valence electrons. The Balaban J connectivity index is 2.44. The maximum atomic E-state index is 13.3. The molecule has 1 heterocycles. The average molecular weight is 192 g/mol. The minimum atomic E-state index is -0.292. The van der Waals surface area contributed by atoms with Gasteiger partial charge in [0.2, 0.25) is 5.95 Å². The molecule has 1 aromatic carbocycles. The zero-order valence-corrected chi connectivity index (χ0v) is 7.29. The summed E-state index contributed by atoms with van der Waals surface area (Å²) in [5.74, 6) is 5.26. The van der Waals surface area contributed by atoms with Crippen molar-refractivity contribution in [2.75, 3.05) is 5.43 Å². The molecule has 14 heavy (non-hydrogen) atoms. The third-order valence-electron chi connectivity index (χ3n) is 1.88. The summed E-state index contributed by atoms with van der Waals surface area (Å²) in [4.78, 5) is 6.73. The quantitative estimate of drug-likeness (QED) is 0.499. The van der Waals surface area contributed by atoms with Crippen LogP contribution in [0.3, 0.4) is 0 Å². The van der Waals surface area contributed by atoms with Crippen LogP contribution in [0.2, 0.25) is 0 Å². The molecule has 0 spiro atoms. The molecular weight excluding hydrogens is 183 g/mol. The average Bonchev–Trinajstić information content (AvgIpc) is 2.67. The molecule has 0 aliphatic heterocycles. The predicted molar refractivity (Wildman–Crippen MR) is 51.8 cm³/mol. The molecule has 4 nitrogen and oxygen atoms in total. The number of halogens is 1. The molecule has 2 aromatic rings. The van der Waals surface area contributed by atoms with Crippen LogP contribution in [0.15, 0.2) is 30.5 Å². The van der Waals surface area contributed by atoms with E-state index in [0.29, 0.717) is 17.2 Å². The van der Waals surface area contributed by atoms with Gasteiger partial charge >= 0.3 is 0 Å². The van der Waals surface area contributed by atoms with Crippen molar-refractivity contribution in [3.05, 3.63) is 36.3 Å². The third kappa shape index (κ3) is 1.45. The lowest BCUT2D eigenvalue weighted by molar-refractivity contribution is 0.631. The molecule has 0 saturated carbocycles. The van der Waals surface area contributed by atoms with Gasteiger partial charge in [-0.05, 0) is 12.1 Å². The number of nitrogens with two attached hydrogens (primary N) is 1. The Morgan fingerprint density at radius 1 is 1.36 bits per heavy atom. The molecule has 0 fully saturated rings. The molecule has 0 atom stereocenters. The first-order valence-corrected chi connectivity index (χ1v) is 4.08. The van der Waals surface area contributed by atoms with Gasteiger partial charge in [-0.2, -0.15) is 0 Å². The maximum absolute atomic E-state index is 13.3. The van der Waals surface area contributed by atoms with Gasteiger partial charge in [0.25, 0.3) is 0 Å². The van der Waals surface area contributed by atoms with Crippen LogP contribution in [0.25, 0.3) is 11.3 Å². The number of anilines is 1. The van der Waals surface area contributed by atoms with Crippen LogP contribution in [0.1, 0.15) is 0 Å². The van der Waals surface area contributed by atoms with Crippen LogP contribution >= 0.6 is 0 Å². The molecule has 1 aromatic heterocycles. The van der Waals surface area contributed by atoms with Gasteiger partial charge in [-0.1, -0.05) is 12.1 Å². The van der Waals surface area contributed by atoms with Gasteiger partial charge in [0.1, 0.15) is 5.82 Å². The Kier molecular flexibility index (Phi) is 2.16. The first-order chi connectivity index (χ1) is 6.81. The highest BCUT2D eigenvalue weighted by Crippen LogP contribution is 2.20. The summed E-state index contributed by atoms with van der Waals surface area (Å²) in [7, 11) is 0. The van der Waals surface area contributed by atoms with Crippen LogP contribution < -0.4 is 11.3 Å². The van der Waals surface area contributed by atoms with Crippen molar-refractivity contribution in [1.29, 1.82) is 0 Å². The number of H-pyrrole nitrogens is 1. The van der Waals surface area contributed by atoms with Gasteiger partial charge in [-0.15, -0.1) is 0 Å². The summed E-state index contributed by atoms with van der Waals surface area (Å²) in [6.45, 7) is 0. The van der Waals surface area contributed by atoms with Crippen LogP contribution in [0, 0.1) is 5.82 Å². The Bertz CT molecular complexity index is 438. The normalized spacial score (nSPS) is 10.1. The van der Waals surface area contributed by atoms with E-state index in [4.69, 9.17) is 5.84 Å². The molecule has 2 rings (SSSR count). The van der Waals surface area contributed by atoms with Crippen molar-refractivity contribution in [3.8, 4) is 11.3 Å². The first kappa shape index (κ1) is 8.71. The minimum Gasteiger partial charge on any atom is -0.323 e. The van der Waals surface area contributed by atoms with E-state index in [1.165, 1.54) is 12.3 Å². The Labute approximate surface area is 79.9 Å². The molecule has 0 bridgehead atoms. The molecule has 4 N–H and O–H groups in total. The monoisotopic (exact) mass is 192 g/mol. The van der Waals surface area contributed by atoms with E-state index >= 15 is 0 Å². The standard InChI is InChI=1S/C9H9FN4/c10-7-4-2-1-3-6(7)8-5-12-9(13-8)14-11/h1-5H,11H2,(H2,12,13,14). The largest absolute Gasteiger partial charge is 0.323 e. The molecular formula is C9H9FN4. The number of hydrogen-bond acceptors (Lipinski definition) is 3. The summed E-state index contributed by atoms with van der Waals surface area (Å²) in [5.41, 5.74) is 3.41. The van der Waals surface area contributed by atoms with Crippen LogP contribution in [0.5, 0.6) is 0 Å². The lowest BCUT2D eigenvalue weighted by Crippen LogP contribution is -2.07. The summed E-state index contributed by atoms with van der Waals surface area (Å²) in [5, 5.41) is 0. The first-order valence-electron chi connectivity index (χ1n) is 4.08. The second-order valence-electron chi connectivity index (χ2n) is 2.77. The van der Waals surface area contributed by atoms with Gasteiger partial charge in [0, 0.05) is 5.56 Å². The van der Waals surface area contributed by atoms with Crippen molar-refractivity contribution in [3.63, 3.8) is 0 Å². The van der Waals surface area contributed by atoms with E-state index in [2.05, 4.69) is 15.4 Å². The Morgan fingerprint density at radius 2 is 2.14 bits per heavy atom. The number of hydrazine groups is 1. The molecule has 0 aliphatic rings. The van der Waals surface area contributed by atoms with Gasteiger partial charge in [0.05, 0.1) is 11.9 Å². The second-order valence-corrected chi connectivity index (χ2v) is 2.77. The highest BCUT2D eigenvalue weighted by Gasteiger charge is 2.06. The summed E-state index contributed by atoms with van der Waals surface area (Å²) < 4.78 is 13.3.